The Kier molecular flexibility index (Phi) is 4.38. The summed E-state index contributed by atoms with van der Waals surface area (Å²) in [6.45, 7) is 3.88. The van der Waals surface area contributed by atoms with E-state index in [1.165, 1.54) is 6.08 Å². The molecule has 7 nitrogen and oxygen atoms in total. The van der Waals surface area contributed by atoms with Crippen LogP contribution in [-0.4, -0.2) is 36.5 Å². The zero-order valence-corrected chi connectivity index (χ0v) is 15.1. The molecule has 2 heterocycles. The second kappa shape index (κ2) is 6.51. The Balaban J connectivity index is 2.01. The predicted octanol–water partition coefficient (Wildman–Crippen LogP) is 1.91. The quantitative estimate of drug-likeness (QED) is 0.653. The monoisotopic (exact) mass is 352 g/mol. The molecule has 1 aliphatic heterocycles. The number of hydrogen-bond acceptors (Lipinski definition) is 4. The Hall–Kier alpha value is -3.35. The van der Waals surface area contributed by atoms with Crippen LogP contribution in [0, 0.1) is 13.8 Å². The third kappa shape index (κ3) is 3.11. The Morgan fingerprint density at radius 3 is 2.08 bits per heavy atom. The second-order valence-corrected chi connectivity index (χ2v) is 6.37. The van der Waals surface area contributed by atoms with Crippen molar-refractivity contribution in [2.45, 2.75) is 13.8 Å². The molecule has 1 saturated heterocycles. The fourth-order valence-electron chi connectivity index (χ4n) is 2.99. The van der Waals surface area contributed by atoms with Crippen LogP contribution >= 0.6 is 0 Å². The molecule has 0 spiro atoms. The zero-order valence-electron chi connectivity index (χ0n) is 15.1. The summed E-state index contributed by atoms with van der Waals surface area (Å²) in [4.78, 5) is 37.0. The van der Waals surface area contributed by atoms with E-state index in [0.29, 0.717) is 0 Å². The first kappa shape index (κ1) is 17.5. The lowest BCUT2D eigenvalue weighted by molar-refractivity contribution is -0.123. The first-order chi connectivity index (χ1) is 12.3. The predicted molar refractivity (Wildman–Crippen MR) is 99.2 cm³/mol. The molecule has 0 atom stereocenters. The average molecular weight is 352 g/mol. The lowest BCUT2D eigenvalue weighted by atomic mass is 10.1. The molecule has 0 saturated carbocycles. The van der Waals surface area contributed by atoms with Gasteiger partial charge in [0.05, 0.1) is 0 Å². The number of urea groups is 1. The van der Waals surface area contributed by atoms with Gasteiger partial charge in [-0.2, -0.15) is 0 Å². The average Bonchev–Trinajstić information content (AvgIpc) is 2.84. The van der Waals surface area contributed by atoms with Crippen molar-refractivity contribution >= 4 is 29.6 Å². The Morgan fingerprint density at radius 1 is 0.962 bits per heavy atom. The zero-order chi connectivity index (χ0) is 19.0. The summed E-state index contributed by atoms with van der Waals surface area (Å²) in [5.74, 6) is -1.39. The minimum atomic E-state index is -0.802. The van der Waals surface area contributed by atoms with Gasteiger partial charge in [-0.15, -0.1) is 0 Å². The van der Waals surface area contributed by atoms with Crippen LogP contribution in [0.4, 0.5) is 10.5 Å². The van der Waals surface area contributed by atoms with Gasteiger partial charge in [-0.1, -0.05) is 0 Å². The standard InChI is InChI=1S/C19H20N4O3/c1-11-9-13(10-16-17(24)20-19(26)21-18(16)25)12(2)23(11)15-7-5-14(6-8-15)22(3)4/h5-10H,1-4H3,(H2,20,21,24,25,26). The molecule has 3 rings (SSSR count). The van der Waals surface area contributed by atoms with Gasteiger partial charge in [0.25, 0.3) is 11.8 Å². The number of amides is 4. The molecule has 0 unspecified atom stereocenters. The Labute approximate surface area is 151 Å². The smallest absolute Gasteiger partial charge is 0.328 e. The largest absolute Gasteiger partial charge is 0.378 e. The van der Waals surface area contributed by atoms with Gasteiger partial charge in [-0.05, 0) is 55.8 Å². The third-order valence-electron chi connectivity index (χ3n) is 4.34. The van der Waals surface area contributed by atoms with Crippen LogP contribution in [0.5, 0.6) is 0 Å². The van der Waals surface area contributed by atoms with Crippen LogP contribution in [0.2, 0.25) is 0 Å². The lowest BCUT2D eigenvalue weighted by Gasteiger charge is -2.15. The molecule has 2 aromatic rings. The van der Waals surface area contributed by atoms with Crippen molar-refractivity contribution in [2.75, 3.05) is 19.0 Å². The van der Waals surface area contributed by atoms with Gasteiger partial charge in [0.2, 0.25) is 0 Å². The Bertz CT molecular complexity index is 914. The van der Waals surface area contributed by atoms with Crippen LogP contribution in [-0.2, 0) is 9.59 Å². The lowest BCUT2D eigenvalue weighted by Crippen LogP contribution is -2.51. The summed E-state index contributed by atoms with van der Waals surface area (Å²) in [5.41, 5.74) is 4.60. The summed E-state index contributed by atoms with van der Waals surface area (Å²) in [6.07, 6.45) is 1.50. The molecule has 134 valence electrons. The number of nitrogens with zero attached hydrogens (tertiary/aromatic N) is 2. The number of nitrogens with one attached hydrogen (secondary N) is 2. The van der Waals surface area contributed by atoms with Crippen LogP contribution in [0.1, 0.15) is 17.0 Å². The Morgan fingerprint density at radius 2 is 1.54 bits per heavy atom. The van der Waals surface area contributed by atoms with Crippen molar-refractivity contribution in [1.29, 1.82) is 0 Å². The minimum absolute atomic E-state index is 0.0900. The fourth-order valence-corrected chi connectivity index (χ4v) is 2.99. The molecule has 0 aliphatic carbocycles. The van der Waals surface area contributed by atoms with E-state index in [1.54, 1.807) is 0 Å². The van der Waals surface area contributed by atoms with E-state index in [-0.39, 0.29) is 5.57 Å². The summed E-state index contributed by atoms with van der Waals surface area (Å²) >= 11 is 0. The van der Waals surface area contributed by atoms with Gasteiger partial charge in [0.15, 0.2) is 0 Å². The molecule has 7 heteroatoms. The van der Waals surface area contributed by atoms with Crippen LogP contribution in [0.25, 0.3) is 11.8 Å². The minimum Gasteiger partial charge on any atom is -0.378 e. The first-order valence-electron chi connectivity index (χ1n) is 8.13. The SMILES string of the molecule is Cc1cc(C=C2C(=O)NC(=O)NC2=O)c(C)n1-c1ccc(N(C)C)cc1. The van der Waals surface area contributed by atoms with E-state index >= 15 is 0 Å². The maximum absolute atomic E-state index is 11.9. The van der Waals surface area contributed by atoms with E-state index in [0.717, 1.165) is 28.3 Å². The summed E-state index contributed by atoms with van der Waals surface area (Å²) in [5, 5.41) is 4.16. The summed E-state index contributed by atoms with van der Waals surface area (Å²) in [7, 11) is 3.97. The number of hydrogen-bond donors (Lipinski definition) is 2. The van der Waals surface area contributed by atoms with Crippen molar-refractivity contribution in [1.82, 2.24) is 15.2 Å². The highest BCUT2D eigenvalue weighted by atomic mass is 16.2. The van der Waals surface area contributed by atoms with Crippen LogP contribution in [0.15, 0.2) is 35.9 Å². The van der Waals surface area contributed by atoms with Gasteiger partial charge in [0.1, 0.15) is 5.57 Å². The van der Waals surface area contributed by atoms with Gasteiger partial charge < -0.3 is 9.47 Å². The van der Waals surface area contributed by atoms with Crippen molar-refractivity contribution in [2.24, 2.45) is 0 Å². The molecule has 0 bridgehead atoms. The van der Waals surface area contributed by atoms with Crippen molar-refractivity contribution in [3.8, 4) is 5.69 Å². The summed E-state index contributed by atoms with van der Waals surface area (Å²) in [6, 6.07) is 9.19. The van der Waals surface area contributed by atoms with E-state index < -0.39 is 17.8 Å². The van der Waals surface area contributed by atoms with E-state index in [1.807, 2.05) is 63.2 Å². The van der Waals surface area contributed by atoms with E-state index in [4.69, 9.17) is 0 Å². The van der Waals surface area contributed by atoms with Gasteiger partial charge in [0, 0.05) is 36.9 Å². The number of carbonyl (C=O) groups is 3. The first-order valence-corrected chi connectivity index (χ1v) is 8.13. The van der Waals surface area contributed by atoms with Crippen molar-refractivity contribution < 1.29 is 14.4 Å². The molecule has 0 radical (unpaired) electrons. The molecule has 1 aromatic heterocycles. The van der Waals surface area contributed by atoms with Crippen LogP contribution in [0.3, 0.4) is 0 Å². The van der Waals surface area contributed by atoms with Crippen LogP contribution < -0.4 is 15.5 Å². The highest BCUT2D eigenvalue weighted by molar-refractivity contribution is 6.31. The fraction of sp³-hybridized carbons (Fsp3) is 0.211. The summed E-state index contributed by atoms with van der Waals surface area (Å²) < 4.78 is 2.05. The van der Waals surface area contributed by atoms with E-state index in [2.05, 4.69) is 15.2 Å². The number of rotatable bonds is 3. The topological polar surface area (TPSA) is 83.4 Å². The van der Waals surface area contributed by atoms with Gasteiger partial charge in [-0.3, -0.25) is 20.2 Å². The molecule has 1 fully saturated rings. The molecule has 1 aromatic carbocycles. The van der Waals surface area contributed by atoms with Gasteiger partial charge >= 0.3 is 6.03 Å². The number of barbiturate groups is 1. The number of benzene rings is 1. The van der Waals surface area contributed by atoms with Crippen molar-refractivity contribution in [3.05, 3.63) is 52.9 Å². The molecule has 1 aliphatic rings. The molecular formula is C19H20N4O3. The highest BCUT2D eigenvalue weighted by Gasteiger charge is 2.28. The molecule has 26 heavy (non-hydrogen) atoms. The van der Waals surface area contributed by atoms with E-state index in [9.17, 15) is 14.4 Å². The number of aryl methyl sites for hydroxylation is 1. The molecule has 4 amide bonds. The number of carbonyl (C=O) groups excluding carboxylic acids is 3. The molecular weight excluding hydrogens is 332 g/mol. The van der Waals surface area contributed by atoms with Crippen molar-refractivity contribution in [3.63, 3.8) is 0 Å². The third-order valence-corrected chi connectivity index (χ3v) is 4.34. The van der Waals surface area contributed by atoms with Gasteiger partial charge in [-0.25, -0.2) is 4.79 Å². The number of anilines is 1. The molecule has 2 N–H and O–H groups in total. The second-order valence-electron chi connectivity index (χ2n) is 6.37. The maximum atomic E-state index is 11.9. The maximum Gasteiger partial charge on any atom is 0.328 e. The normalized spacial score (nSPS) is 14.2. The highest BCUT2D eigenvalue weighted by Crippen LogP contribution is 2.24. The number of aromatic nitrogens is 1. The number of imide groups is 2.